The fourth-order valence-electron chi connectivity index (χ4n) is 11.8. The van der Waals surface area contributed by atoms with Crippen LogP contribution >= 0.6 is 0 Å². The Morgan fingerprint density at radius 2 is 0.646 bits per heavy atom. The average Bonchev–Trinajstić information content (AvgIpc) is 4.34. The first-order chi connectivity index (χ1) is 39.1. The van der Waals surface area contributed by atoms with Gasteiger partial charge in [-0.2, -0.15) is 9.97 Å². The summed E-state index contributed by atoms with van der Waals surface area (Å²) < 4.78 is 32.3. The number of nitrogens with zero attached hydrogens (tertiary/aromatic N) is 6. The number of fused-ring (bicyclic) bond motifs is 13. The van der Waals surface area contributed by atoms with Gasteiger partial charge in [-0.05, 0) is 139 Å². The van der Waals surface area contributed by atoms with Crippen molar-refractivity contribution in [3.05, 3.63) is 243 Å². The van der Waals surface area contributed by atoms with Gasteiger partial charge in [-0.3, -0.25) is 4.57 Å². The molecule has 4 aromatic heterocycles. The molecule has 0 atom stereocenters. The van der Waals surface area contributed by atoms with E-state index in [-0.39, 0.29) is 0 Å². The fraction of sp³-hybridized carbons (Fsp3) is 0. The van der Waals surface area contributed by atoms with Gasteiger partial charge >= 0.3 is 0 Å². The second-order valence-electron chi connectivity index (χ2n) is 20.0. The van der Waals surface area contributed by atoms with Crippen molar-refractivity contribution in [3.8, 4) is 97.2 Å². The van der Waals surface area contributed by atoms with Crippen LogP contribution in [0.3, 0.4) is 0 Å². The maximum atomic E-state index is 6.42. The topological polar surface area (TPSA) is 90.4 Å². The average molecular weight is 1020 g/mol. The molecule has 0 N–H and O–H groups in total. The van der Waals surface area contributed by atoms with E-state index in [9.17, 15) is 0 Å². The molecule has 0 radical (unpaired) electrons. The summed E-state index contributed by atoms with van der Waals surface area (Å²) in [5.74, 6) is 6.24. The Morgan fingerprint density at radius 3 is 1.23 bits per heavy atom. The van der Waals surface area contributed by atoms with Crippen LogP contribution in [0.4, 0.5) is 0 Å². The summed E-state index contributed by atoms with van der Waals surface area (Å²) in [5.41, 5.74) is 12.3. The van der Waals surface area contributed by atoms with Crippen molar-refractivity contribution in [2.24, 2.45) is 0 Å². The predicted octanol–water partition coefficient (Wildman–Crippen LogP) is 18.0. The van der Waals surface area contributed by atoms with E-state index in [2.05, 4.69) is 171 Å². The van der Waals surface area contributed by atoms with Gasteiger partial charge in [0, 0.05) is 54.8 Å². The molecule has 10 heteroatoms. The molecule has 6 heterocycles. The zero-order chi connectivity index (χ0) is 51.7. The van der Waals surface area contributed by atoms with Crippen molar-refractivity contribution < 1.29 is 18.9 Å². The molecule has 0 spiro atoms. The lowest BCUT2D eigenvalue weighted by Gasteiger charge is -2.21. The maximum Gasteiger partial charge on any atom is 0.238 e. The van der Waals surface area contributed by atoms with Crippen molar-refractivity contribution in [1.29, 1.82) is 0 Å². The molecule has 0 aliphatic carbocycles. The third kappa shape index (κ3) is 6.74. The minimum atomic E-state index is 0.444. The van der Waals surface area contributed by atoms with E-state index in [0.29, 0.717) is 63.6 Å². The first kappa shape index (κ1) is 43.3. The molecule has 0 fully saturated rings. The number of rotatable bonds is 6. The number of benzene rings is 11. The van der Waals surface area contributed by atoms with Crippen LogP contribution in [0.2, 0.25) is 0 Å². The Hall–Kier alpha value is -11.0. The van der Waals surface area contributed by atoms with Gasteiger partial charge in [0.1, 0.15) is 0 Å². The second kappa shape index (κ2) is 16.8. The molecular formula is C69H40N6O4. The zero-order valence-corrected chi connectivity index (χ0v) is 41.9. The highest BCUT2D eigenvalue weighted by atomic mass is 16.6. The first-order valence-electron chi connectivity index (χ1n) is 26.2. The van der Waals surface area contributed by atoms with Gasteiger partial charge in [-0.1, -0.05) is 115 Å². The Bertz CT molecular complexity index is 4940. The Kier molecular flexibility index (Phi) is 9.19. The number of ether oxygens (including phenoxy) is 4. The summed E-state index contributed by atoms with van der Waals surface area (Å²) >= 11 is 0. The smallest absolute Gasteiger partial charge is 0.238 e. The Labute approximate surface area is 450 Å². The van der Waals surface area contributed by atoms with E-state index in [1.54, 1.807) is 0 Å². The van der Waals surface area contributed by atoms with Crippen LogP contribution in [-0.4, -0.2) is 28.7 Å². The van der Waals surface area contributed by atoms with Crippen molar-refractivity contribution >= 4 is 65.4 Å². The number of hydrogen-bond acceptors (Lipinski definition) is 7. The van der Waals surface area contributed by atoms with Crippen LogP contribution in [0.5, 0.6) is 46.0 Å². The fourth-order valence-corrected chi connectivity index (χ4v) is 11.8. The van der Waals surface area contributed by atoms with Crippen molar-refractivity contribution in [2.45, 2.75) is 0 Å². The van der Waals surface area contributed by atoms with Crippen LogP contribution in [0.1, 0.15) is 0 Å². The molecule has 370 valence electrons. The lowest BCUT2D eigenvalue weighted by atomic mass is 10.0. The lowest BCUT2D eigenvalue weighted by molar-refractivity contribution is 0.359. The van der Waals surface area contributed by atoms with E-state index in [1.165, 1.54) is 21.8 Å². The van der Waals surface area contributed by atoms with E-state index in [1.807, 2.05) is 84.9 Å². The van der Waals surface area contributed by atoms with E-state index in [4.69, 9.17) is 33.9 Å². The maximum absolute atomic E-state index is 6.42. The van der Waals surface area contributed by atoms with Gasteiger partial charge < -0.3 is 28.1 Å². The van der Waals surface area contributed by atoms with Crippen LogP contribution in [0, 0.1) is 0 Å². The molecule has 79 heavy (non-hydrogen) atoms. The van der Waals surface area contributed by atoms with Crippen LogP contribution in [0.25, 0.3) is 117 Å². The van der Waals surface area contributed by atoms with Crippen molar-refractivity contribution in [2.75, 3.05) is 0 Å². The number of para-hydroxylation sites is 8. The molecule has 0 saturated heterocycles. The molecule has 15 aromatic rings. The molecule has 0 bridgehead atoms. The molecule has 0 amide bonds. The van der Waals surface area contributed by atoms with Crippen LogP contribution in [0.15, 0.2) is 243 Å². The van der Waals surface area contributed by atoms with E-state index < -0.39 is 0 Å². The Morgan fingerprint density at radius 1 is 0.228 bits per heavy atom. The minimum Gasteiger partial charge on any atom is -0.450 e. The quantitative estimate of drug-likeness (QED) is 0.164. The minimum absolute atomic E-state index is 0.444. The molecule has 17 rings (SSSR count). The summed E-state index contributed by atoms with van der Waals surface area (Å²) in [6, 6.07) is 83.7. The standard InChI is InChI=1S/C69H40N6O4/c1-2-16-45(17-3-1)73-53-22-7-4-19-47(53)50-36-42(29-32-56(50)73)41-15-14-18-46(35-41)74-54-23-8-5-20-48(54)51-39-52-49-21-6-9-24-55(49)75(58(52)40-57(51)74)69-71-67(43-30-33-63-65(37-43)78-61-27-12-10-25-59(61)76-63)70-68(72-69)44-31-34-64-66(38-44)79-62-28-13-11-26-60(62)77-64/h1-40H. The molecule has 11 aromatic carbocycles. The third-order valence-corrected chi connectivity index (χ3v) is 15.4. The third-order valence-electron chi connectivity index (χ3n) is 15.4. The van der Waals surface area contributed by atoms with Crippen LogP contribution < -0.4 is 18.9 Å². The zero-order valence-electron chi connectivity index (χ0n) is 41.9. The highest BCUT2D eigenvalue weighted by Crippen LogP contribution is 2.49. The van der Waals surface area contributed by atoms with Crippen molar-refractivity contribution in [3.63, 3.8) is 0 Å². The molecule has 0 saturated carbocycles. The SMILES string of the molecule is c1ccc(-n2c3ccccc3c3cc(-c4cccc(-n5c6ccccc6c6cc7c8ccccc8n(-c8nc(-c9ccc%10c(c9)Oc9ccccc9O%10)nc(-c9ccc%10c(c9)Oc9ccccc9O%10)n8)c7cc65)c4)ccc32)cc1. The summed E-state index contributed by atoms with van der Waals surface area (Å²) in [7, 11) is 0. The molecule has 2 aliphatic rings. The number of hydrogen-bond donors (Lipinski definition) is 0. The van der Waals surface area contributed by atoms with Gasteiger partial charge in [0.25, 0.3) is 0 Å². The largest absolute Gasteiger partial charge is 0.450 e. The summed E-state index contributed by atoms with van der Waals surface area (Å²) in [6.45, 7) is 0. The Balaban J connectivity index is 0.855. The molecule has 2 aliphatic heterocycles. The monoisotopic (exact) mass is 1020 g/mol. The predicted molar refractivity (Wildman–Crippen MR) is 312 cm³/mol. The second-order valence-corrected chi connectivity index (χ2v) is 20.0. The molecule has 10 nitrogen and oxygen atoms in total. The lowest BCUT2D eigenvalue weighted by Crippen LogP contribution is -2.07. The highest BCUT2D eigenvalue weighted by molar-refractivity contribution is 6.19. The van der Waals surface area contributed by atoms with Gasteiger partial charge in [-0.15, -0.1) is 0 Å². The highest BCUT2D eigenvalue weighted by Gasteiger charge is 2.26. The van der Waals surface area contributed by atoms with Gasteiger partial charge in [0.2, 0.25) is 5.95 Å². The van der Waals surface area contributed by atoms with Gasteiger partial charge in [-0.25, -0.2) is 4.98 Å². The van der Waals surface area contributed by atoms with Crippen molar-refractivity contribution in [1.82, 2.24) is 28.7 Å². The van der Waals surface area contributed by atoms with E-state index >= 15 is 0 Å². The van der Waals surface area contributed by atoms with E-state index in [0.717, 1.165) is 77.2 Å². The van der Waals surface area contributed by atoms with Gasteiger partial charge in [0.05, 0.1) is 33.1 Å². The summed E-state index contributed by atoms with van der Waals surface area (Å²) in [5, 5.41) is 6.86. The number of aromatic nitrogens is 6. The summed E-state index contributed by atoms with van der Waals surface area (Å²) in [4.78, 5) is 15.9. The summed E-state index contributed by atoms with van der Waals surface area (Å²) in [6.07, 6.45) is 0. The molecule has 0 unspecified atom stereocenters. The van der Waals surface area contributed by atoms with Crippen LogP contribution in [-0.2, 0) is 0 Å². The normalized spacial score (nSPS) is 12.5. The first-order valence-corrected chi connectivity index (χ1v) is 26.2. The van der Waals surface area contributed by atoms with Gasteiger partial charge in [0.15, 0.2) is 57.6 Å². The molecular weight excluding hydrogens is 977 g/mol.